The van der Waals surface area contributed by atoms with E-state index in [-0.39, 0.29) is 12.5 Å². The highest BCUT2D eigenvalue weighted by Gasteiger charge is 2.26. The Morgan fingerprint density at radius 2 is 1.88 bits per heavy atom. The minimum absolute atomic E-state index is 0.00374. The number of hydrogen-bond acceptors (Lipinski definition) is 3. The predicted octanol–water partition coefficient (Wildman–Crippen LogP) is 1.75. The fourth-order valence-corrected chi connectivity index (χ4v) is 1.50. The summed E-state index contributed by atoms with van der Waals surface area (Å²) in [5.74, 6) is -0.00374. The molecule has 0 aliphatic heterocycles. The van der Waals surface area contributed by atoms with E-state index in [1.807, 2.05) is 38.1 Å². The average Bonchev–Trinajstić information content (AvgIpc) is 2.31. The van der Waals surface area contributed by atoms with Crippen LogP contribution >= 0.6 is 12.6 Å². The molecule has 0 aliphatic rings. The molecule has 0 aliphatic carbocycles. The summed E-state index contributed by atoms with van der Waals surface area (Å²) < 4.78 is 0. The van der Waals surface area contributed by atoms with Gasteiger partial charge in [0.25, 0.3) is 0 Å². The third-order valence-electron chi connectivity index (χ3n) is 2.96. The fourth-order valence-electron chi connectivity index (χ4n) is 1.35. The van der Waals surface area contributed by atoms with Gasteiger partial charge in [0.1, 0.15) is 0 Å². The molecule has 0 bridgehead atoms. The lowest BCUT2D eigenvalue weighted by atomic mass is 10.0. The highest BCUT2D eigenvalue weighted by atomic mass is 32.1. The van der Waals surface area contributed by atoms with Gasteiger partial charge in [0.15, 0.2) is 0 Å². The molecule has 1 aromatic rings. The number of benzene rings is 1. The van der Waals surface area contributed by atoms with Gasteiger partial charge in [-0.05, 0) is 31.5 Å². The third-order valence-corrected chi connectivity index (χ3v) is 3.26. The maximum absolute atomic E-state index is 12.0. The van der Waals surface area contributed by atoms with E-state index in [2.05, 4.69) is 12.6 Å². The zero-order valence-corrected chi connectivity index (χ0v) is 11.4. The summed E-state index contributed by atoms with van der Waals surface area (Å²) in [4.78, 5) is 14.5. The van der Waals surface area contributed by atoms with Crippen LogP contribution in [0.5, 0.6) is 0 Å². The molecule has 0 saturated heterocycles. The first-order valence-electron chi connectivity index (χ1n) is 5.52. The molecular formula is C13H19NO2S. The van der Waals surface area contributed by atoms with Crippen molar-refractivity contribution >= 4 is 18.5 Å². The summed E-state index contributed by atoms with van der Waals surface area (Å²) >= 11 is 4.20. The molecule has 0 fully saturated rings. The third kappa shape index (κ3) is 3.75. The van der Waals surface area contributed by atoms with Crippen molar-refractivity contribution in [1.29, 1.82) is 0 Å². The summed E-state index contributed by atoms with van der Waals surface area (Å²) in [6.45, 7) is 3.62. The number of amides is 1. The number of aliphatic hydroxyl groups excluding tert-OH is 1. The van der Waals surface area contributed by atoms with Crippen LogP contribution in [0.1, 0.15) is 19.4 Å². The second-order valence-corrected chi connectivity index (χ2v) is 5.28. The van der Waals surface area contributed by atoms with E-state index in [0.29, 0.717) is 6.42 Å². The van der Waals surface area contributed by atoms with Gasteiger partial charge in [-0.1, -0.05) is 12.1 Å². The van der Waals surface area contributed by atoms with E-state index in [0.717, 1.165) is 10.5 Å². The van der Waals surface area contributed by atoms with Gasteiger partial charge in [0.05, 0.1) is 18.6 Å². The molecule has 0 aromatic heterocycles. The van der Waals surface area contributed by atoms with Crippen molar-refractivity contribution in [3.05, 3.63) is 29.8 Å². The molecule has 0 spiro atoms. The van der Waals surface area contributed by atoms with Crippen molar-refractivity contribution in [2.24, 2.45) is 0 Å². The molecule has 0 atom stereocenters. The van der Waals surface area contributed by atoms with Crippen LogP contribution in [0.25, 0.3) is 0 Å². The molecule has 1 N–H and O–H groups in total. The molecular weight excluding hydrogens is 234 g/mol. The van der Waals surface area contributed by atoms with Crippen LogP contribution in [-0.4, -0.2) is 35.1 Å². The van der Waals surface area contributed by atoms with Crippen molar-refractivity contribution < 1.29 is 9.90 Å². The largest absolute Gasteiger partial charge is 0.394 e. The summed E-state index contributed by atoms with van der Waals surface area (Å²) in [6, 6.07) is 7.51. The number of hydrogen-bond donors (Lipinski definition) is 2. The van der Waals surface area contributed by atoms with Gasteiger partial charge in [0, 0.05) is 11.9 Å². The molecule has 3 nitrogen and oxygen atoms in total. The van der Waals surface area contributed by atoms with Crippen LogP contribution in [0.3, 0.4) is 0 Å². The molecule has 17 heavy (non-hydrogen) atoms. The molecule has 1 amide bonds. The SMILES string of the molecule is CN(C(=O)Cc1ccc(S)cc1)C(C)(C)CO. The molecule has 0 heterocycles. The van der Waals surface area contributed by atoms with E-state index in [1.165, 1.54) is 0 Å². The van der Waals surface area contributed by atoms with E-state index in [1.54, 1.807) is 11.9 Å². The Kier molecular flexibility index (Phi) is 4.60. The number of likely N-dealkylation sites (N-methyl/N-ethyl adjacent to an activating group) is 1. The number of rotatable bonds is 4. The fraction of sp³-hybridized carbons (Fsp3) is 0.462. The van der Waals surface area contributed by atoms with Crippen LogP contribution in [0.4, 0.5) is 0 Å². The summed E-state index contributed by atoms with van der Waals surface area (Å²) in [6.07, 6.45) is 0.341. The second kappa shape index (κ2) is 5.56. The van der Waals surface area contributed by atoms with Crippen LogP contribution in [0.15, 0.2) is 29.2 Å². The van der Waals surface area contributed by atoms with Crippen molar-refractivity contribution in [2.75, 3.05) is 13.7 Å². The summed E-state index contributed by atoms with van der Waals surface area (Å²) in [5, 5.41) is 9.21. The maximum Gasteiger partial charge on any atom is 0.227 e. The zero-order valence-electron chi connectivity index (χ0n) is 10.5. The smallest absolute Gasteiger partial charge is 0.227 e. The van der Waals surface area contributed by atoms with Gasteiger partial charge in [-0.25, -0.2) is 0 Å². The van der Waals surface area contributed by atoms with Gasteiger partial charge >= 0.3 is 0 Å². The molecule has 0 unspecified atom stereocenters. The molecule has 94 valence electrons. The molecule has 0 radical (unpaired) electrons. The topological polar surface area (TPSA) is 40.5 Å². The Balaban J connectivity index is 2.69. The Hall–Kier alpha value is -1.00. The quantitative estimate of drug-likeness (QED) is 0.803. The number of carbonyl (C=O) groups excluding carboxylic acids is 1. The molecule has 0 saturated carbocycles. The lowest BCUT2D eigenvalue weighted by Crippen LogP contribution is -2.48. The number of nitrogens with zero attached hydrogens (tertiary/aromatic N) is 1. The van der Waals surface area contributed by atoms with E-state index < -0.39 is 5.54 Å². The van der Waals surface area contributed by atoms with Crippen molar-refractivity contribution in [2.45, 2.75) is 30.7 Å². The van der Waals surface area contributed by atoms with Gasteiger partial charge < -0.3 is 10.0 Å². The number of aliphatic hydroxyl groups is 1. The van der Waals surface area contributed by atoms with E-state index >= 15 is 0 Å². The monoisotopic (exact) mass is 253 g/mol. The van der Waals surface area contributed by atoms with E-state index in [9.17, 15) is 9.90 Å². The van der Waals surface area contributed by atoms with Crippen LogP contribution in [0, 0.1) is 0 Å². The van der Waals surface area contributed by atoms with Crippen LogP contribution < -0.4 is 0 Å². The van der Waals surface area contributed by atoms with Crippen molar-refractivity contribution in [1.82, 2.24) is 4.90 Å². The first-order chi connectivity index (χ1) is 7.86. The lowest BCUT2D eigenvalue weighted by Gasteiger charge is -2.34. The van der Waals surface area contributed by atoms with E-state index in [4.69, 9.17) is 0 Å². The van der Waals surface area contributed by atoms with Gasteiger partial charge in [-0.3, -0.25) is 4.79 Å². The van der Waals surface area contributed by atoms with Crippen molar-refractivity contribution in [3.63, 3.8) is 0 Å². The summed E-state index contributed by atoms with van der Waals surface area (Å²) in [7, 11) is 1.71. The van der Waals surface area contributed by atoms with Gasteiger partial charge in [0.2, 0.25) is 5.91 Å². The lowest BCUT2D eigenvalue weighted by molar-refractivity contribution is -0.135. The van der Waals surface area contributed by atoms with Crippen molar-refractivity contribution in [3.8, 4) is 0 Å². The number of thiol groups is 1. The molecule has 4 heteroatoms. The Morgan fingerprint density at radius 3 is 2.35 bits per heavy atom. The average molecular weight is 253 g/mol. The first-order valence-corrected chi connectivity index (χ1v) is 5.97. The van der Waals surface area contributed by atoms with Gasteiger partial charge in [-0.15, -0.1) is 12.6 Å². The predicted molar refractivity (Wildman–Crippen MR) is 71.3 cm³/mol. The standard InChI is InChI=1S/C13H19NO2S/c1-13(2,9-15)14(3)12(16)8-10-4-6-11(17)7-5-10/h4-7,15,17H,8-9H2,1-3H3. The maximum atomic E-state index is 12.0. The second-order valence-electron chi connectivity index (χ2n) is 4.77. The minimum Gasteiger partial charge on any atom is -0.394 e. The highest BCUT2D eigenvalue weighted by molar-refractivity contribution is 7.80. The Labute approximate surface area is 108 Å². The Bertz CT molecular complexity index is 387. The minimum atomic E-state index is -0.527. The molecule has 1 rings (SSSR count). The normalized spacial score (nSPS) is 11.4. The highest BCUT2D eigenvalue weighted by Crippen LogP contribution is 2.14. The Morgan fingerprint density at radius 1 is 1.35 bits per heavy atom. The summed E-state index contributed by atoms with van der Waals surface area (Å²) in [5.41, 5.74) is 0.425. The van der Waals surface area contributed by atoms with Crippen LogP contribution in [0.2, 0.25) is 0 Å². The van der Waals surface area contributed by atoms with Gasteiger partial charge in [-0.2, -0.15) is 0 Å². The zero-order chi connectivity index (χ0) is 13.1. The molecule has 1 aromatic carbocycles. The van der Waals surface area contributed by atoms with Crippen LogP contribution in [-0.2, 0) is 11.2 Å². The number of carbonyl (C=O) groups is 1. The first kappa shape index (κ1) is 14.1.